The van der Waals surface area contributed by atoms with Gasteiger partial charge < -0.3 is 4.57 Å². The van der Waals surface area contributed by atoms with E-state index in [1.807, 2.05) is 6.92 Å². The third-order valence-corrected chi connectivity index (χ3v) is 2.97. The number of hydrogen-bond donors (Lipinski definition) is 0. The van der Waals surface area contributed by atoms with Gasteiger partial charge in [-0.15, -0.1) is 12.4 Å². The first kappa shape index (κ1) is 13.0. The summed E-state index contributed by atoms with van der Waals surface area (Å²) < 4.78 is 2.13. The molecule has 0 radical (unpaired) electrons. The molecule has 2 rings (SSSR count). The Morgan fingerprint density at radius 3 is 2.38 bits per heavy atom. The molecule has 0 aliphatic rings. The predicted molar refractivity (Wildman–Crippen MR) is 71.4 cm³/mol. The summed E-state index contributed by atoms with van der Waals surface area (Å²) in [5.41, 5.74) is 3.84. The summed E-state index contributed by atoms with van der Waals surface area (Å²) in [5, 5.41) is 0. The van der Waals surface area contributed by atoms with Crippen LogP contribution in [0.25, 0.3) is 11.0 Å². The second kappa shape index (κ2) is 4.10. The molecule has 0 aliphatic heterocycles. The zero-order valence-electron chi connectivity index (χ0n) is 10.5. The first-order valence-electron chi connectivity index (χ1n) is 5.33. The van der Waals surface area contributed by atoms with Crippen LogP contribution in [0.1, 0.15) is 32.2 Å². The van der Waals surface area contributed by atoms with Gasteiger partial charge in [-0.3, -0.25) is 0 Å². The van der Waals surface area contributed by atoms with Gasteiger partial charge in [0.05, 0.1) is 11.0 Å². The van der Waals surface area contributed by atoms with E-state index >= 15 is 0 Å². The number of hydrogen-bond acceptors (Lipinski definition) is 1. The molecule has 3 heteroatoms. The van der Waals surface area contributed by atoms with Gasteiger partial charge in [-0.05, 0) is 30.0 Å². The highest BCUT2D eigenvalue weighted by atomic mass is 35.5. The third kappa shape index (κ3) is 2.07. The van der Waals surface area contributed by atoms with Crippen LogP contribution in [0.15, 0.2) is 18.2 Å². The maximum atomic E-state index is 4.55. The summed E-state index contributed by atoms with van der Waals surface area (Å²) in [7, 11) is 2.06. The summed E-state index contributed by atoms with van der Waals surface area (Å²) >= 11 is 0. The highest BCUT2D eigenvalue weighted by Crippen LogP contribution is 2.25. The minimum atomic E-state index is 0. The van der Waals surface area contributed by atoms with Gasteiger partial charge in [0.2, 0.25) is 0 Å². The van der Waals surface area contributed by atoms with Crippen molar-refractivity contribution in [2.75, 3.05) is 0 Å². The van der Waals surface area contributed by atoms with Crippen LogP contribution in [-0.2, 0) is 12.5 Å². The fourth-order valence-electron chi connectivity index (χ4n) is 1.79. The van der Waals surface area contributed by atoms with Crippen LogP contribution in [0, 0.1) is 6.92 Å². The molecule has 1 heterocycles. The van der Waals surface area contributed by atoms with Gasteiger partial charge in [0, 0.05) is 7.05 Å². The molecule has 2 aromatic rings. The van der Waals surface area contributed by atoms with Gasteiger partial charge in [0.1, 0.15) is 5.82 Å². The van der Waals surface area contributed by atoms with E-state index in [4.69, 9.17) is 0 Å². The number of benzene rings is 1. The van der Waals surface area contributed by atoms with Gasteiger partial charge >= 0.3 is 0 Å². The van der Waals surface area contributed by atoms with Crippen molar-refractivity contribution in [3.63, 3.8) is 0 Å². The van der Waals surface area contributed by atoms with E-state index in [2.05, 4.69) is 55.6 Å². The molecule has 0 amide bonds. The molecule has 0 bridgehead atoms. The van der Waals surface area contributed by atoms with E-state index in [9.17, 15) is 0 Å². The van der Waals surface area contributed by atoms with E-state index in [1.165, 1.54) is 11.1 Å². The zero-order chi connectivity index (χ0) is 11.2. The summed E-state index contributed by atoms with van der Waals surface area (Å²) in [4.78, 5) is 4.55. The average molecular weight is 239 g/mol. The summed E-state index contributed by atoms with van der Waals surface area (Å²) in [5.74, 6) is 1.07. The first-order valence-corrected chi connectivity index (χ1v) is 5.33. The molecule has 88 valence electrons. The van der Waals surface area contributed by atoms with Crippen molar-refractivity contribution >= 4 is 23.4 Å². The Morgan fingerprint density at radius 1 is 1.19 bits per heavy atom. The maximum absolute atomic E-state index is 4.55. The van der Waals surface area contributed by atoms with Gasteiger partial charge in [0.15, 0.2) is 0 Å². The molecular formula is C13H19ClN2. The summed E-state index contributed by atoms with van der Waals surface area (Å²) in [6.45, 7) is 8.72. The van der Waals surface area contributed by atoms with E-state index in [1.54, 1.807) is 0 Å². The highest BCUT2D eigenvalue weighted by Gasteiger charge is 2.15. The standard InChI is InChI=1S/C13H18N2.ClH/c1-9-14-11-8-10(13(2,3)4)6-7-12(11)15(9)5;/h6-8H,1-5H3;1H. The normalized spacial score (nSPS) is 11.6. The van der Waals surface area contributed by atoms with Crippen LogP contribution < -0.4 is 0 Å². The van der Waals surface area contributed by atoms with Crippen molar-refractivity contribution in [3.8, 4) is 0 Å². The van der Waals surface area contributed by atoms with Gasteiger partial charge in [0.25, 0.3) is 0 Å². The number of aryl methyl sites for hydroxylation is 2. The third-order valence-electron chi connectivity index (χ3n) is 2.97. The zero-order valence-corrected chi connectivity index (χ0v) is 11.4. The van der Waals surface area contributed by atoms with Gasteiger partial charge in [-0.1, -0.05) is 26.8 Å². The molecular weight excluding hydrogens is 220 g/mol. The Labute approximate surface area is 103 Å². The van der Waals surface area contributed by atoms with Crippen LogP contribution in [0.5, 0.6) is 0 Å². The Hall–Kier alpha value is -1.02. The number of aromatic nitrogens is 2. The lowest BCUT2D eigenvalue weighted by Crippen LogP contribution is -2.10. The van der Waals surface area contributed by atoms with Crippen LogP contribution in [0.2, 0.25) is 0 Å². The van der Waals surface area contributed by atoms with Crippen LogP contribution >= 0.6 is 12.4 Å². The van der Waals surface area contributed by atoms with Crippen LogP contribution in [0.4, 0.5) is 0 Å². The Bertz CT molecular complexity index is 506. The van der Waals surface area contributed by atoms with Crippen molar-refractivity contribution < 1.29 is 0 Å². The summed E-state index contributed by atoms with van der Waals surface area (Å²) in [6, 6.07) is 6.56. The van der Waals surface area contributed by atoms with Crippen molar-refractivity contribution in [1.82, 2.24) is 9.55 Å². The molecule has 0 spiro atoms. The number of imidazole rings is 1. The second-order valence-electron chi connectivity index (χ2n) is 5.17. The molecule has 0 saturated heterocycles. The number of nitrogens with zero attached hydrogens (tertiary/aromatic N) is 2. The van der Waals surface area contributed by atoms with Crippen LogP contribution in [0.3, 0.4) is 0 Å². The van der Waals surface area contributed by atoms with E-state index < -0.39 is 0 Å². The van der Waals surface area contributed by atoms with E-state index in [0.29, 0.717) is 0 Å². The Morgan fingerprint density at radius 2 is 1.81 bits per heavy atom. The van der Waals surface area contributed by atoms with E-state index in [0.717, 1.165) is 11.3 Å². The smallest absolute Gasteiger partial charge is 0.106 e. The molecule has 16 heavy (non-hydrogen) atoms. The second-order valence-corrected chi connectivity index (χ2v) is 5.17. The maximum Gasteiger partial charge on any atom is 0.106 e. The fraction of sp³-hybridized carbons (Fsp3) is 0.462. The molecule has 1 aromatic carbocycles. The largest absolute Gasteiger partial charge is 0.331 e. The number of rotatable bonds is 0. The predicted octanol–water partition coefficient (Wildman–Crippen LogP) is 3.60. The van der Waals surface area contributed by atoms with E-state index in [-0.39, 0.29) is 17.8 Å². The lowest BCUT2D eigenvalue weighted by atomic mass is 9.87. The first-order chi connectivity index (χ1) is 6.89. The molecule has 0 unspecified atom stereocenters. The Balaban J connectivity index is 0.00000128. The SMILES string of the molecule is Cc1nc2cc(C(C)(C)C)ccc2n1C.Cl. The quantitative estimate of drug-likeness (QED) is 0.686. The van der Waals surface area contributed by atoms with Crippen molar-refractivity contribution in [1.29, 1.82) is 0 Å². The molecule has 0 aliphatic carbocycles. The molecule has 0 atom stereocenters. The molecule has 2 nitrogen and oxygen atoms in total. The van der Waals surface area contributed by atoms with Gasteiger partial charge in [-0.25, -0.2) is 4.98 Å². The van der Waals surface area contributed by atoms with Crippen molar-refractivity contribution in [3.05, 3.63) is 29.6 Å². The average Bonchev–Trinajstić information content (AvgIpc) is 2.41. The van der Waals surface area contributed by atoms with Crippen LogP contribution in [-0.4, -0.2) is 9.55 Å². The lowest BCUT2D eigenvalue weighted by Gasteiger charge is -2.18. The molecule has 0 N–H and O–H groups in total. The molecule has 0 fully saturated rings. The fourth-order valence-corrected chi connectivity index (χ4v) is 1.79. The minimum absolute atomic E-state index is 0. The topological polar surface area (TPSA) is 17.8 Å². The van der Waals surface area contributed by atoms with Crippen molar-refractivity contribution in [2.24, 2.45) is 7.05 Å². The number of halogens is 1. The highest BCUT2D eigenvalue weighted by molar-refractivity contribution is 5.85. The van der Waals surface area contributed by atoms with Crippen molar-refractivity contribution in [2.45, 2.75) is 33.1 Å². The Kier molecular flexibility index (Phi) is 3.34. The summed E-state index contributed by atoms with van der Waals surface area (Å²) in [6.07, 6.45) is 0. The monoisotopic (exact) mass is 238 g/mol. The lowest BCUT2D eigenvalue weighted by molar-refractivity contribution is 0.591. The minimum Gasteiger partial charge on any atom is -0.331 e. The number of fused-ring (bicyclic) bond motifs is 1. The molecule has 0 saturated carbocycles. The van der Waals surface area contributed by atoms with Gasteiger partial charge in [-0.2, -0.15) is 0 Å². The molecule has 1 aromatic heterocycles.